The van der Waals surface area contributed by atoms with Crippen molar-refractivity contribution >= 4 is 34.7 Å². The molecule has 2 rings (SSSR count). The molecule has 24 heavy (non-hydrogen) atoms. The number of thiophene rings is 1. The highest BCUT2D eigenvalue weighted by Gasteiger charge is 2.15. The van der Waals surface area contributed by atoms with Crippen LogP contribution in [0.1, 0.15) is 9.67 Å². The molecule has 0 unspecified atom stereocenters. The van der Waals surface area contributed by atoms with E-state index in [1.807, 2.05) is 0 Å². The average Bonchev–Trinajstić information content (AvgIpc) is 3.06. The summed E-state index contributed by atoms with van der Waals surface area (Å²) in [5, 5.41) is 6.76. The van der Waals surface area contributed by atoms with Crippen molar-refractivity contribution in [1.29, 1.82) is 0 Å². The van der Waals surface area contributed by atoms with E-state index < -0.39 is 17.6 Å². The molecule has 0 aliphatic heterocycles. The maximum absolute atomic E-state index is 13.0. The van der Waals surface area contributed by atoms with E-state index in [1.165, 1.54) is 41.5 Å². The minimum absolute atomic E-state index is 0.204. The zero-order chi connectivity index (χ0) is 17.5. The quantitative estimate of drug-likeness (QED) is 0.833. The van der Waals surface area contributed by atoms with Crippen molar-refractivity contribution in [3.8, 4) is 0 Å². The molecule has 0 radical (unpaired) electrons. The van der Waals surface area contributed by atoms with Crippen LogP contribution < -0.4 is 10.6 Å². The SMILES string of the molecule is CN(CC(=O)Nc1cccc(F)c1)C(=O)CNC(=O)c1cccs1. The zero-order valence-corrected chi connectivity index (χ0v) is 13.7. The predicted molar refractivity (Wildman–Crippen MR) is 89.3 cm³/mol. The van der Waals surface area contributed by atoms with E-state index in [0.29, 0.717) is 10.6 Å². The fraction of sp³-hybridized carbons (Fsp3) is 0.188. The van der Waals surface area contributed by atoms with Crippen LogP contribution in [0.25, 0.3) is 0 Å². The maximum atomic E-state index is 13.0. The van der Waals surface area contributed by atoms with Gasteiger partial charge in [0.25, 0.3) is 5.91 Å². The molecule has 2 N–H and O–H groups in total. The third kappa shape index (κ3) is 5.17. The van der Waals surface area contributed by atoms with Crippen LogP contribution in [-0.4, -0.2) is 42.8 Å². The molecule has 126 valence electrons. The highest BCUT2D eigenvalue weighted by Crippen LogP contribution is 2.09. The Hall–Kier alpha value is -2.74. The Balaban J connectivity index is 1.78. The lowest BCUT2D eigenvalue weighted by Crippen LogP contribution is -2.41. The van der Waals surface area contributed by atoms with Crippen LogP contribution >= 0.6 is 11.3 Å². The number of hydrogen-bond acceptors (Lipinski definition) is 4. The second kappa shape index (κ2) is 8.21. The first kappa shape index (κ1) is 17.6. The highest BCUT2D eigenvalue weighted by atomic mass is 32.1. The van der Waals surface area contributed by atoms with Gasteiger partial charge in [0.2, 0.25) is 11.8 Å². The summed E-state index contributed by atoms with van der Waals surface area (Å²) in [6.07, 6.45) is 0. The predicted octanol–water partition coefficient (Wildman–Crippen LogP) is 1.71. The number of nitrogens with zero attached hydrogens (tertiary/aromatic N) is 1. The van der Waals surface area contributed by atoms with Gasteiger partial charge in [-0.05, 0) is 29.6 Å². The van der Waals surface area contributed by atoms with Crippen LogP contribution in [0, 0.1) is 5.82 Å². The smallest absolute Gasteiger partial charge is 0.261 e. The number of halogens is 1. The number of nitrogens with one attached hydrogen (secondary N) is 2. The van der Waals surface area contributed by atoms with Gasteiger partial charge in [0, 0.05) is 12.7 Å². The number of carbonyl (C=O) groups is 3. The summed E-state index contributed by atoms with van der Waals surface area (Å²) in [4.78, 5) is 37.2. The van der Waals surface area contributed by atoms with E-state index in [1.54, 1.807) is 23.6 Å². The van der Waals surface area contributed by atoms with E-state index in [-0.39, 0.29) is 19.0 Å². The average molecular weight is 349 g/mol. The second-order valence-electron chi connectivity index (χ2n) is 4.97. The van der Waals surface area contributed by atoms with E-state index in [0.717, 1.165) is 0 Å². The molecule has 1 aromatic heterocycles. The summed E-state index contributed by atoms with van der Waals surface area (Å²) in [7, 11) is 1.45. The van der Waals surface area contributed by atoms with Gasteiger partial charge in [-0.3, -0.25) is 14.4 Å². The number of carbonyl (C=O) groups excluding carboxylic acids is 3. The molecule has 0 aliphatic rings. The number of anilines is 1. The number of amides is 3. The number of rotatable bonds is 6. The first-order valence-electron chi connectivity index (χ1n) is 7.07. The number of likely N-dealkylation sites (N-methyl/N-ethyl adjacent to an activating group) is 1. The van der Waals surface area contributed by atoms with Crippen LogP contribution in [0.2, 0.25) is 0 Å². The summed E-state index contributed by atoms with van der Waals surface area (Å²) in [5.74, 6) is -1.67. The van der Waals surface area contributed by atoms with Crippen molar-refractivity contribution < 1.29 is 18.8 Å². The van der Waals surface area contributed by atoms with Gasteiger partial charge >= 0.3 is 0 Å². The largest absolute Gasteiger partial charge is 0.342 e. The standard InChI is InChI=1S/C16H16FN3O3S/c1-20(10-14(21)19-12-5-2-4-11(17)8-12)15(22)9-18-16(23)13-6-3-7-24-13/h2-8H,9-10H2,1H3,(H,18,23)(H,19,21). The number of benzene rings is 1. The fourth-order valence-electron chi connectivity index (χ4n) is 1.86. The number of hydrogen-bond donors (Lipinski definition) is 2. The second-order valence-corrected chi connectivity index (χ2v) is 5.92. The molecule has 0 saturated carbocycles. The first-order chi connectivity index (χ1) is 11.5. The lowest BCUT2D eigenvalue weighted by atomic mass is 10.3. The van der Waals surface area contributed by atoms with Crippen LogP contribution in [-0.2, 0) is 9.59 Å². The summed E-state index contributed by atoms with van der Waals surface area (Å²) < 4.78 is 13.0. The van der Waals surface area contributed by atoms with Gasteiger partial charge in [-0.15, -0.1) is 11.3 Å². The monoisotopic (exact) mass is 349 g/mol. The Morgan fingerprint density at radius 1 is 1.21 bits per heavy atom. The summed E-state index contributed by atoms with van der Waals surface area (Å²) in [6, 6.07) is 8.86. The van der Waals surface area contributed by atoms with E-state index in [4.69, 9.17) is 0 Å². The van der Waals surface area contributed by atoms with Gasteiger partial charge in [0.15, 0.2) is 0 Å². The minimum atomic E-state index is -0.464. The van der Waals surface area contributed by atoms with Crippen LogP contribution in [0.4, 0.5) is 10.1 Å². The third-order valence-electron chi connectivity index (χ3n) is 3.06. The molecule has 0 atom stereocenters. The molecule has 0 bridgehead atoms. The van der Waals surface area contributed by atoms with Crippen molar-refractivity contribution in [1.82, 2.24) is 10.2 Å². The van der Waals surface area contributed by atoms with Crippen molar-refractivity contribution in [3.05, 3.63) is 52.5 Å². The molecule has 0 aliphatic carbocycles. The molecular formula is C16H16FN3O3S. The molecule has 3 amide bonds. The van der Waals surface area contributed by atoms with E-state index in [9.17, 15) is 18.8 Å². The molecule has 0 saturated heterocycles. The maximum Gasteiger partial charge on any atom is 0.261 e. The Kier molecular flexibility index (Phi) is 6.02. The van der Waals surface area contributed by atoms with Crippen molar-refractivity contribution in [2.24, 2.45) is 0 Å². The molecular weight excluding hydrogens is 333 g/mol. The summed E-state index contributed by atoms with van der Waals surface area (Å²) >= 11 is 1.27. The molecule has 8 heteroatoms. The van der Waals surface area contributed by atoms with Crippen LogP contribution in [0.3, 0.4) is 0 Å². The van der Waals surface area contributed by atoms with Gasteiger partial charge in [-0.1, -0.05) is 12.1 Å². The van der Waals surface area contributed by atoms with Gasteiger partial charge in [-0.25, -0.2) is 4.39 Å². The Bertz CT molecular complexity index is 734. The third-order valence-corrected chi connectivity index (χ3v) is 3.93. The molecule has 6 nitrogen and oxygen atoms in total. The van der Waals surface area contributed by atoms with Gasteiger partial charge < -0.3 is 15.5 Å². The zero-order valence-electron chi connectivity index (χ0n) is 12.9. The topological polar surface area (TPSA) is 78.5 Å². The summed E-state index contributed by atoms with van der Waals surface area (Å²) in [6.45, 7) is -0.412. The van der Waals surface area contributed by atoms with Crippen molar-refractivity contribution in [3.63, 3.8) is 0 Å². The Morgan fingerprint density at radius 3 is 2.67 bits per heavy atom. The minimum Gasteiger partial charge on any atom is -0.342 e. The first-order valence-corrected chi connectivity index (χ1v) is 7.95. The lowest BCUT2D eigenvalue weighted by Gasteiger charge is -2.17. The Morgan fingerprint density at radius 2 is 2.00 bits per heavy atom. The molecule has 1 aromatic carbocycles. The Labute approximate surface area is 142 Å². The van der Waals surface area contributed by atoms with Crippen LogP contribution in [0.15, 0.2) is 41.8 Å². The van der Waals surface area contributed by atoms with E-state index >= 15 is 0 Å². The summed E-state index contributed by atoms with van der Waals surface area (Å²) in [5.41, 5.74) is 0.312. The van der Waals surface area contributed by atoms with Gasteiger partial charge in [0.05, 0.1) is 18.0 Å². The van der Waals surface area contributed by atoms with Crippen LogP contribution in [0.5, 0.6) is 0 Å². The molecule has 2 aromatic rings. The van der Waals surface area contributed by atoms with Crippen molar-refractivity contribution in [2.75, 3.05) is 25.5 Å². The van der Waals surface area contributed by atoms with Gasteiger partial charge in [0.1, 0.15) is 5.82 Å². The van der Waals surface area contributed by atoms with Gasteiger partial charge in [-0.2, -0.15) is 0 Å². The fourth-order valence-corrected chi connectivity index (χ4v) is 2.50. The van der Waals surface area contributed by atoms with E-state index in [2.05, 4.69) is 10.6 Å². The van der Waals surface area contributed by atoms with Crippen molar-refractivity contribution in [2.45, 2.75) is 0 Å². The molecule has 1 heterocycles. The highest BCUT2D eigenvalue weighted by molar-refractivity contribution is 7.12. The molecule has 0 fully saturated rings. The normalized spacial score (nSPS) is 10.1. The lowest BCUT2D eigenvalue weighted by molar-refractivity contribution is -0.132. The molecule has 0 spiro atoms.